The van der Waals surface area contributed by atoms with Crippen LogP contribution in [0.3, 0.4) is 0 Å². The summed E-state index contributed by atoms with van der Waals surface area (Å²) in [7, 11) is 0. The average molecular weight is 267 g/mol. The van der Waals surface area contributed by atoms with Gasteiger partial charge >= 0.3 is 0 Å². The molecule has 3 aliphatic heterocycles. The average Bonchev–Trinajstić information content (AvgIpc) is 2.49. The van der Waals surface area contributed by atoms with Crippen molar-refractivity contribution in [2.24, 2.45) is 5.73 Å². The number of likely N-dealkylation sites (tertiary alicyclic amines) is 2. The van der Waals surface area contributed by atoms with Gasteiger partial charge in [0.1, 0.15) is 0 Å². The van der Waals surface area contributed by atoms with Crippen molar-refractivity contribution in [3.63, 3.8) is 0 Å². The van der Waals surface area contributed by atoms with Crippen molar-refractivity contribution >= 4 is 0 Å². The number of piperidine rings is 2. The number of hydrogen-bond donors (Lipinski definition) is 1. The molecule has 0 bridgehead atoms. The summed E-state index contributed by atoms with van der Waals surface area (Å²) in [5.74, 6) is 0. The monoisotopic (exact) mass is 267 g/mol. The maximum atomic E-state index is 6.26. The van der Waals surface area contributed by atoms with E-state index in [9.17, 15) is 0 Å². The zero-order valence-corrected chi connectivity index (χ0v) is 12.1. The summed E-state index contributed by atoms with van der Waals surface area (Å²) < 4.78 is 5.62. The van der Waals surface area contributed by atoms with Crippen LogP contribution in [0.4, 0.5) is 0 Å². The Kier molecular flexibility index (Phi) is 4.74. The normalized spacial score (nSPS) is 36.5. The second-order valence-electron chi connectivity index (χ2n) is 6.46. The first-order chi connectivity index (χ1) is 9.34. The third-order valence-electron chi connectivity index (χ3n) is 5.25. The lowest BCUT2D eigenvalue weighted by atomic mass is 9.96. The first kappa shape index (κ1) is 13.8. The summed E-state index contributed by atoms with van der Waals surface area (Å²) in [5, 5.41) is 0. The van der Waals surface area contributed by atoms with Gasteiger partial charge in [0.05, 0.1) is 6.61 Å². The molecule has 0 aliphatic carbocycles. The number of nitrogens with zero attached hydrogens (tertiary/aromatic N) is 2. The summed E-state index contributed by atoms with van der Waals surface area (Å²) in [6, 6.07) is 1.62. The molecule has 19 heavy (non-hydrogen) atoms. The van der Waals surface area contributed by atoms with E-state index in [1.807, 2.05) is 0 Å². The van der Waals surface area contributed by atoms with Crippen LogP contribution in [0.1, 0.15) is 38.5 Å². The van der Waals surface area contributed by atoms with Crippen LogP contribution >= 0.6 is 0 Å². The van der Waals surface area contributed by atoms with Gasteiger partial charge in [0, 0.05) is 37.8 Å². The molecule has 0 spiro atoms. The number of ether oxygens (including phenoxy) is 1. The molecule has 3 heterocycles. The molecule has 0 saturated carbocycles. The van der Waals surface area contributed by atoms with Crippen molar-refractivity contribution in [2.75, 3.05) is 39.4 Å². The van der Waals surface area contributed by atoms with E-state index in [4.69, 9.17) is 10.5 Å². The first-order valence-corrected chi connectivity index (χ1v) is 8.16. The van der Waals surface area contributed by atoms with E-state index in [2.05, 4.69) is 9.80 Å². The Morgan fingerprint density at radius 2 is 1.58 bits per heavy atom. The molecule has 0 radical (unpaired) electrons. The summed E-state index contributed by atoms with van der Waals surface area (Å²) >= 11 is 0. The minimum atomic E-state index is 0.320. The summed E-state index contributed by atoms with van der Waals surface area (Å²) in [4.78, 5) is 5.32. The zero-order valence-electron chi connectivity index (χ0n) is 12.1. The molecular weight excluding hydrogens is 238 g/mol. The third-order valence-corrected chi connectivity index (χ3v) is 5.25. The molecular formula is C15H29N3O. The molecule has 110 valence electrons. The van der Waals surface area contributed by atoms with Crippen LogP contribution in [0.5, 0.6) is 0 Å². The Labute approximate surface area is 117 Å². The van der Waals surface area contributed by atoms with E-state index in [1.54, 1.807) is 0 Å². The van der Waals surface area contributed by atoms with Gasteiger partial charge in [-0.3, -0.25) is 4.90 Å². The van der Waals surface area contributed by atoms with Crippen molar-refractivity contribution < 1.29 is 4.74 Å². The third kappa shape index (κ3) is 3.30. The zero-order chi connectivity index (χ0) is 13.1. The van der Waals surface area contributed by atoms with Crippen LogP contribution in [0, 0.1) is 0 Å². The Morgan fingerprint density at radius 1 is 0.842 bits per heavy atom. The van der Waals surface area contributed by atoms with Crippen molar-refractivity contribution in [3.8, 4) is 0 Å². The van der Waals surface area contributed by atoms with Crippen molar-refractivity contribution in [3.05, 3.63) is 0 Å². The lowest BCUT2D eigenvalue weighted by Crippen LogP contribution is -2.57. The predicted octanol–water partition coefficient (Wildman–Crippen LogP) is 1.05. The Hall–Kier alpha value is -0.160. The highest BCUT2D eigenvalue weighted by atomic mass is 16.5. The molecule has 4 nitrogen and oxygen atoms in total. The predicted molar refractivity (Wildman–Crippen MR) is 77.2 cm³/mol. The molecule has 2 N–H and O–H groups in total. The molecule has 0 aromatic carbocycles. The number of hydrogen-bond acceptors (Lipinski definition) is 4. The van der Waals surface area contributed by atoms with E-state index in [0.717, 1.165) is 25.7 Å². The quantitative estimate of drug-likeness (QED) is 0.812. The van der Waals surface area contributed by atoms with Crippen LogP contribution in [0.25, 0.3) is 0 Å². The maximum Gasteiger partial charge on any atom is 0.0636 e. The van der Waals surface area contributed by atoms with Gasteiger partial charge in [0.15, 0.2) is 0 Å². The van der Waals surface area contributed by atoms with Crippen LogP contribution < -0.4 is 5.73 Å². The molecule has 0 aromatic heterocycles. The van der Waals surface area contributed by atoms with E-state index < -0.39 is 0 Å². The Bertz CT molecular complexity index is 273. The van der Waals surface area contributed by atoms with Gasteiger partial charge in [-0.25, -0.2) is 0 Å². The lowest BCUT2D eigenvalue weighted by molar-refractivity contribution is -0.0134. The van der Waals surface area contributed by atoms with Crippen molar-refractivity contribution in [1.29, 1.82) is 0 Å². The SMILES string of the molecule is NC1CCOCC1N1CCC(N2CCCCC2)CC1. The van der Waals surface area contributed by atoms with E-state index in [1.165, 1.54) is 58.3 Å². The number of rotatable bonds is 2. The largest absolute Gasteiger partial charge is 0.380 e. The fourth-order valence-corrected chi connectivity index (χ4v) is 3.98. The topological polar surface area (TPSA) is 41.7 Å². The molecule has 3 rings (SSSR count). The molecule has 3 aliphatic rings. The van der Waals surface area contributed by atoms with Crippen molar-refractivity contribution in [1.82, 2.24) is 9.80 Å². The number of nitrogens with two attached hydrogens (primary N) is 1. The molecule has 4 heteroatoms. The maximum absolute atomic E-state index is 6.26. The van der Waals surface area contributed by atoms with Gasteiger partial charge in [0.25, 0.3) is 0 Å². The van der Waals surface area contributed by atoms with E-state index in [-0.39, 0.29) is 0 Å². The van der Waals surface area contributed by atoms with Gasteiger partial charge in [-0.05, 0) is 45.2 Å². The fraction of sp³-hybridized carbons (Fsp3) is 1.00. The van der Waals surface area contributed by atoms with Gasteiger partial charge in [-0.15, -0.1) is 0 Å². The molecule has 0 aromatic rings. The summed E-state index contributed by atoms with van der Waals surface area (Å²) in [5.41, 5.74) is 6.26. The summed E-state index contributed by atoms with van der Waals surface area (Å²) in [6.07, 6.45) is 7.91. The highest BCUT2D eigenvalue weighted by molar-refractivity contribution is 4.89. The van der Waals surface area contributed by atoms with E-state index in [0.29, 0.717) is 12.1 Å². The molecule has 0 amide bonds. The second-order valence-corrected chi connectivity index (χ2v) is 6.46. The van der Waals surface area contributed by atoms with E-state index >= 15 is 0 Å². The van der Waals surface area contributed by atoms with Crippen LogP contribution in [0.15, 0.2) is 0 Å². The highest BCUT2D eigenvalue weighted by Crippen LogP contribution is 2.23. The van der Waals surface area contributed by atoms with Crippen LogP contribution in [-0.4, -0.2) is 67.3 Å². The standard InChI is InChI=1S/C15H29N3O/c16-14-6-11-19-12-15(14)18-9-4-13(5-10-18)17-7-2-1-3-8-17/h13-15H,1-12,16H2. The van der Waals surface area contributed by atoms with Gasteiger partial charge in [0.2, 0.25) is 0 Å². The minimum absolute atomic E-state index is 0.320. The first-order valence-electron chi connectivity index (χ1n) is 8.16. The molecule has 3 saturated heterocycles. The second kappa shape index (κ2) is 6.53. The van der Waals surface area contributed by atoms with Crippen LogP contribution in [0.2, 0.25) is 0 Å². The molecule has 2 atom stereocenters. The summed E-state index contributed by atoms with van der Waals surface area (Å²) in [6.45, 7) is 6.77. The minimum Gasteiger partial charge on any atom is -0.380 e. The lowest BCUT2D eigenvalue weighted by Gasteiger charge is -2.45. The van der Waals surface area contributed by atoms with Gasteiger partial charge in [-0.1, -0.05) is 6.42 Å². The highest BCUT2D eigenvalue weighted by Gasteiger charge is 2.32. The van der Waals surface area contributed by atoms with Gasteiger partial charge < -0.3 is 15.4 Å². The fourth-order valence-electron chi connectivity index (χ4n) is 3.98. The Morgan fingerprint density at radius 3 is 2.26 bits per heavy atom. The van der Waals surface area contributed by atoms with Crippen molar-refractivity contribution in [2.45, 2.75) is 56.7 Å². The molecule has 3 fully saturated rings. The van der Waals surface area contributed by atoms with Gasteiger partial charge in [-0.2, -0.15) is 0 Å². The smallest absolute Gasteiger partial charge is 0.0636 e. The van der Waals surface area contributed by atoms with Crippen LogP contribution in [-0.2, 0) is 4.74 Å². The Balaban J connectivity index is 1.48. The molecule has 2 unspecified atom stereocenters.